The maximum atomic E-state index is 11.3. The van der Waals surface area contributed by atoms with Gasteiger partial charge >= 0.3 is 0 Å². The summed E-state index contributed by atoms with van der Waals surface area (Å²) in [6.45, 7) is 4.24. The second kappa shape index (κ2) is 8.73. The minimum absolute atomic E-state index is 0.0318. The third-order valence-corrected chi connectivity index (χ3v) is 3.64. The molecule has 1 aliphatic heterocycles. The molecule has 1 unspecified atom stereocenters. The number of ether oxygens (including phenoxy) is 2. The van der Waals surface area contributed by atoms with Gasteiger partial charge in [0.15, 0.2) is 6.61 Å². The number of rotatable bonds is 7. The highest BCUT2D eigenvalue weighted by molar-refractivity contribution is 5.77. The summed E-state index contributed by atoms with van der Waals surface area (Å²) in [5, 5.41) is 5.95. The molecule has 1 amide bonds. The average Bonchev–Trinajstić information content (AvgIpc) is 2.53. The molecule has 1 aromatic carbocycles. The molecule has 2 N–H and O–H groups in total. The molecule has 1 atom stereocenters. The van der Waals surface area contributed by atoms with E-state index in [4.69, 9.17) is 9.47 Å². The molecule has 0 aliphatic carbocycles. The lowest BCUT2D eigenvalue weighted by molar-refractivity contribution is -0.122. The average molecular weight is 307 g/mol. The Balaban J connectivity index is 1.80. The van der Waals surface area contributed by atoms with Crippen molar-refractivity contribution in [3.63, 3.8) is 0 Å². The third-order valence-electron chi connectivity index (χ3n) is 3.64. The van der Waals surface area contributed by atoms with Crippen LogP contribution in [0.2, 0.25) is 0 Å². The number of carbonyl (C=O) groups excluding carboxylic acids is 1. The summed E-state index contributed by atoms with van der Waals surface area (Å²) in [4.78, 5) is 13.5. The Labute approximate surface area is 131 Å². The van der Waals surface area contributed by atoms with Crippen LogP contribution >= 0.6 is 0 Å². The van der Waals surface area contributed by atoms with Crippen molar-refractivity contribution in [2.24, 2.45) is 0 Å². The summed E-state index contributed by atoms with van der Waals surface area (Å²) >= 11 is 0. The van der Waals surface area contributed by atoms with Crippen LogP contribution in [-0.2, 0) is 16.1 Å². The molecule has 0 aromatic heterocycles. The Morgan fingerprint density at radius 3 is 3.05 bits per heavy atom. The second-order valence-corrected chi connectivity index (χ2v) is 5.46. The molecule has 0 spiro atoms. The van der Waals surface area contributed by atoms with Crippen LogP contribution in [0.15, 0.2) is 24.3 Å². The summed E-state index contributed by atoms with van der Waals surface area (Å²) in [6.07, 6.45) is 0.220. The van der Waals surface area contributed by atoms with Gasteiger partial charge in [0.1, 0.15) is 5.75 Å². The van der Waals surface area contributed by atoms with Crippen LogP contribution in [-0.4, -0.2) is 63.9 Å². The Hall–Kier alpha value is -1.63. The fourth-order valence-electron chi connectivity index (χ4n) is 2.36. The van der Waals surface area contributed by atoms with Crippen molar-refractivity contribution in [1.82, 2.24) is 15.5 Å². The lowest BCUT2D eigenvalue weighted by Crippen LogP contribution is -2.44. The van der Waals surface area contributed by atoms with Gasteiger partial charge in [-0.15, -0.1) is 0 Å². The normalized spacial score (nSPS) is 18.9. The fourth-order valence-corrected chi connectivity index (χ4v) is 2.36. The van der Waals surface area contributed by atoms with Crippen molar-refractivity contribution in [1.29, 1.82) is 0 Å². The van der Waals surface area contributed by atoms with E-state index in [0.29, 0.717) is 6.54 Å². The van der Waals surface area contributed by atoms with E-state index < -0.39 is 0 Å². The van der Waals surface area contributed by atoms with Crippen molar-refractivity contribution in [3.05, 3.63) is 29.8 Å². The second-order valence-electron chi connectivity index (χ2n) is 5.46. The van der Waals surface area contributed by atoms with E-state index in [-0.39, 0.29) is 18.6 Å². The molecule has 1 aliphatic rings. The minimum Gasteiger partial charge on any atom is -0.483 e. The van der Waals surface area contributed by atoms with Crippen LogP contribution in [0.25, 0.3) is 0 Å². The number of carbonyl (C=O) groups is 1. The van der Waals surface area contributed by atoms with Gasteiger partial charge in [-0.05, 0) is 13.1 Å². The smallest absolute Gasteiger partial charge is 0.257 e. The third kappa shape index (κ3) is 5.29. The molecule has 2 rings (SSSR count). The van der Waals surface area contributed by atoms with Gasteiger partial charge in [-0.2, -0.15) is 0 Å². The Morgan fingerprint density at radius 1 is 1.45 bits per heavy atom. The Morgan fingerprint density at radius 2 is 2.27 bits per heavy atom. The lowest BCUT2D eigenvalue weighted by Gasteiger charge is -2.30. The molecule has 122 valence electrons. The van der Waals surface area contributed by atoms with Crippen LogP contribution in [0.3, 0.4) is 0 Å². The van der Waals surface area contributed by atoms with E-state index in [1.165, 1.54) is 0 Å². The molecule has 1 aromatic rings. The van der Waals surface area contributed by atoms with Gasteiger partial charge in [0.05, 0.1) is 12.7 Å². The van der Waals surface area contributed by atoms with E-state index in [1.54, 1.807) is 7.05 Å². The van der Waals surface area contributed by atoms with Gasteiger partial charge in [0.25, 0.3) is 5.91 Å². The van der Waals surface area contributed by atoms with Crippen molar-refractivity contribution < 1.29 is 14.3 Å². The highest BCUT2D eigenvalue weighted by atomic mass is 16.5. The summed E-state index contributed by atoms with van der Waals surface area (Å²) in [5.41, 5.74) is 1.04. The summed E-state index contributed by atoms with van der Waals surface area (Å²) < 4.78 is 11.3. The number of benzene rings is 1. The van der Waals surface area contributed by atoms with E-state index in [0.717, 1.165) is 37.6 Å². The minimum atomic E-state index is -0.138. The number of morpholine rings is 1. The lowest BCUT2D eigenvalue weighted by atomic mass is 10.2. The van der Waals surface area contributed by atoms with E-state index in [2.05, 4.69) is 22.6 Å². The first-order chi connectivity index (χ1) is 10.7. The fraction of sp³-hybridized carbons (Fsp3) is 0.562. The van der Waals surface area contributed by atoms with Crippen LogP contribution in [0.5, 0.6) is 5.75 Å². The molecular formula is C16H25N3O3. The first-order valence-corrected chi connectivity index (χ1v) is 7.61. The van der Waals surface area contributed by atoms with E-state index in [1.807, 2.05) is 24.3 Å². The SMILES string of the molecule is CNC(=O)COc1ccccc1CNCC1CN(C)CCO1. The Kier molecular flexibility index (Phi) is 6.64. The van der Waals surface area contributed by atoms with Gasteiger partial charge < -0.3 is 25.0 Å². The van der Waals surface area contributed by atoms with Crippen molar-refractivity contribution >= 4 is 5.91 Å². The first-order valence-electron chi connectivity index (χ1n) is 7.61. The number of para-hydroxylation sites is 1. The molecule has 6 heteroatoms. The quantitative estimate of drug-likeness (QED) is 0.755. The summed E-state index contributed by atoms with van der Waals surface area (Å²) in [7, 11) is 3.71. The zero-order valence-corrected chi connectivity index (χ0v) is 13.3. The Bertz CT molecular complexity index is 481. The number of nitrogens with one attached hydrogen (secondary N) is 2. The molecule has 22 heavy (non-hydrogen) atoms. The number of hydrogen-bond donors (Lipinski definition) is 2. The van der Waals surface area contributed by atoms with Crippen molar-refractivity contribution in [2.75, 3.05) is 46.9 Å². The number of amides is 1. The monoisotopic (exact) mass is 307 g/mol. The van der Waals surface area contributed by atoms with Gasteiger partial charge in [-0.3, -0.25) is 4.79 Å². The molecule has 0 radical (unpaired) electrons. The van der Waals surface area contributed by atoms with E-state index in [9.17, 15) is 4.79 Å². The molecule has 0 saturated carbocycles. The number of likely N-dealkylation sites (N-methyl/N-ethyl adjacent to an activating group) is 2. The highest BCUT2D eigenvalue weighted by Gasteiger charge is 2.17. The van der Waals surface area contributed by atoms with Crippen LogP contribution < -0.4 is 15.4 Å². The van der Waals surface area contributed by atoms with Gasteiger partial charge in [0.2, 0.25) is 0 Å². The highest BCUT2D eigenvalue weighted by Crippen LogP contribution is 2.17. The van der Waals surface area contributed by atoms with Gasteiger partial charge in [-0.25, -0.2) is 0 Å². The summed E-state index contributed by atoms with van der Waals surface area (Å²) in [6, 6.07) is 7.75. The number of nitrogens with zero attached hydrogens (tertiary/aromatic N) is 1. The largest absolute Gasteiger partial charge is 0.483 e. The van der Waals surface area contributed by atoms with Gasteiger partial charge in [-0.1, -0.05) is 18.2 Å². The topological polar surface area (TPSA) is 62.8 Å². The molecule has 1 heterocycles. The molecule has 1 fully saturated rings. The first kappa shape index (κ1) is 16.7. The zero-order valence-electron chi connectivity index (χ0n) is 13.3. The maximum absolute atomic E-state index is 11.3. The van der Waals surface area contributed by atoms with Crippen molar-refractivity contribution in [3.8, 4) is 5.75 Å². The standard InChI is InChI=1S/C16H25N3O3/c1-17-16(20)12-22-15-6-4-3-5-13(15)9-18-10-14-11-19(2)7-8-21-14/h3-6,14,18H,7-12H2,1-2H3,(H,17,20). The maximum Gasteiger partial charge on any atom is 0.257 e. The van der Waals surface area contributed by atoms with E-state index >= 15 is 0 Å². The van der Waals surface area contributed by atoms with Crippen LogP contribution in [0.4, 0.5) is 0 Å². The summed E-state index contributed by atoms with van der Waals surface area (Å²) in [5.74, 6) is 0.599. The predicted molar refractivity (Wildman–Crippen MR) is 84.9 cm³/mol. The molecule has 1 saturated heterocycles. The van der Waals surface area contributed by atoms with Crippen LogP contribution in [0, 0.1) is 0 Å². The van der Waals surface area contributed by atoms with Crippen molar-refractivity contribution in [2.45, 2.75) is 12.6 Å². The zero-order chi connectivity index (χ0) is 15.8. The predicted octanol–water partition coefficient (Wildman–Crippen LogP) is 0.232. The van der Waals surface area contributed by atoms with Gasteiger partial charge in [0, 0.05) is 38.8 Å². The molecule has 6 nitrogen and oxygen atoms in total. The number of hydrogen-bond acceptors (Lipinski definition) is 5. The molecule has 0 bridgehead atoms. The van der Waals surface area contributed by atoms with Crippen LogP contribution in [0.1, 0.15) is 5.56 Å². The molecular weight excluding hydrogens is 282 g/mol.